The lowest BCUT2D eigenvalue weighted by Gasteiger charge is -2.13. The largest absolute Gasteiger partial charge is 0.384 e. The Morgan fingerprint density at radius 3 is 2.88 bits per heavy atom. The number of pyridine rings is 1. The van der Waals surface area contributed by atoms with Crippen LogP contribution >= 0.6 is 0 Å². The molecule has 0 saturated carbocycles. The van der Waals surface area contributed by atoms with Gasteiger partial charge in [-0.25, -0.2) is 9.37 Å². The molecule has 0 spiro atoms. The lowest BCUT2D eigenvalue weighted by atomic mass is 9.95. The Morgan fingerprint density at radius 1 is 1.20 bits per heavy atom. The number of nitrogens with two attached hydrogens (primary N) is 1. The van der Waals surface area contributed by atoms with E-state index < -0.39 is 0 Å². The van der Waals surface area contributed by atoms with E-state index in [9.17, 15) is 9.18 Å². The zero-order chi connectivity index (χ0) is 17.4. The van der Waals surface area contributed by atoms with E-state index in [1.807, 2.05) is 6.07 Å². The molecule has 1 aliphatic rings. The summed E-state index contributed by atoms with van der Waals surface area (Å²) in [7, 11) is 0. The molecule has 2 heterocycles. The minimum atomic E-state index is -0.338. The third kappa shape index (κ3) is 2.87. The molecule has 0 radical (unpaired) electrons. The first-order valence-corrected chi connectivity index (χ1v) is 8.14. The minimum Gasteiger partial charge on any atom is -0.384 e. The predicted molar refractivity (Wildman–Crippen MR) is 95.4 cm³/mol. The highest BCUT2D eigenvalue weighted by Gasteiger charge is 2.27. The molecule has 0 saturated heterocycles. The molecule has 0 bridgehead atoms. The molecule has 2 aromatic heterocycles. The molecule has 5 nitrogen and oxygen atoms in total. The van der Waals surface area contributed by atoms with Crippen molar-refractivity contribution in [2.75, 3.05) is 11.1 Å². The summed E-state index contributed by atoms with van der Waals surface area (Å²) < 4.78 is 13.5. The van der Waals surface area contributed by atoms with Gasteiger partial charge >= 0.3 is 0 Å². The van der Waals surface area contributed by atoms with Crippen molar-refractivity contribution < 1.29 is 9.18 Å². The first kappa shape index (κ1) is 15.4. The van der Waals surface area contributed by atoms with E-state index in [1.54, 1.807) is 24.4 Å². The number of nitrogens with zero attached hydrogens (tertiary/aromatic N) is 1. The number of aryl methyl sites for hydroxylation is 1. The van der Waals surface area contributed by atoms with Gasteiger partial charge in [0.05, 0.1) is 16.9 Å². The van der Waals surface area contributed by atoms with E-state index in [0.29, 0.717) is 29.2 Å². The average molecular weight is 336 g/mol. The molecule has 0 unspecified atom stereocenters. The molecule has 6 heteroatoms. The molecule has 0 amide bonds. The van der Waals surface area contributed by atoms with Gasteiger partial charge < -0.3 is 16.0 Å². The normalized spacial score (nSPS) is 13.6. The molecule has 4 rings (SSSR count). The second-order valence-electron chi connectivity index (χ2n) is 6.11. The first-order chi connectivity index (χ1) is 12.1. The molecule has 3 aromatic rings. The van der Waals surface area contributed by atoms with Crippen LogP contribution in [0, 0.1) is 5.82 Å². The maximum atomic E-state index is 13.5. The van der Waals surface area contributed by atoms with Gasteiger partial charge in [0.25, 0.3) is 0 Å². The standard InChI is InChI=1S/C19H17FN4O/c20-12-3-1-4-13(10-12)23-19-17-14(5-2-6-15(17)25)24-18(19)11-7-8-22-16(21)9-11/h1,3-4,7-10,23-24H,2,5-6H2,(H2,21,22). The zero-order valence-corrected chi connectivity index (χ0v) is 13.5. The summed E-state index contributed by atoms with van der Waals surface area (Å²) in [6, 6.07) is 9.75. The summed E-state index contributed by atoms with van der Waals surface area (Å²) in [4.78, 5) is 19.9. The second-order valence-corrected chi connectivity index (χ2v) is 6.11. The van der Waals surface area contributed by atoms with Gasteiger partial charge in [-0.05, 0) is 43.2 Å². The van der Waals surface area contributed by atoms with Crippen LogP contribution in [0.5, 0.6) is 0 Å². The SMILES string of the molecule is Nc1cc(-c2[nH]c3c(c2Nc2cccc(F)c2)C(=O)CCC3)ccn1. The van der Waals surface area contributed by atoms with Crippen LogP contribution in [0.3, 0.4) is 0 Å². The van der Waals surface area contributed by atoms with Gasteiger partial charge in [0.1, 0.15) is 11.6 Å². The van der Waals surface area contributed by atoms with Crippen LogP contribution in [0.2, 0.25) is 0 Å². The van der Waals surface area contributed by atoms with E-state index in [2.05, 4.69) is 15.3 Å². The number of carbonyl (C=O) groups is 1. The average Bonchev–Trinajstić information content (AvgIpc) is 2.95. The van der Waals surface area contributed by atoms with Crippen LogP contribution in [0.1, 0.15) is 28.9 Å². The number of benzene rings is 1. The van der Waals surface area contributed by atoms with Crippen LogP contribution in [0.4, 0.5) is 21.6 Å². The van der Waals surface area contributed by atoms with Crippen molar-refractivity contribution in [2.24, 2.45) is 0 Å². The molecule has 126 valence electrons. The maximum Gasteiger partial charge on any atom is 0.166 e. The van der Waals surface area contributed by atoms with Crippen LogP contribution < -0.4 is 11.1 Å². The number of halogens is 1. The molecule has 0 aliphatic heterocycles. The Balaban J connectivity index is 1.87. The second kappa shape index (κ2) is 6.05. The maximum absolute atomic E-state index is 13.5. The highest BCUT2D eigenvalue weighted by molar-refractivity contribution is 6.07. The number of Topliss-reactive ketones (excluding diaryl/α,β-unsaturated/α-hetero) is 1. The topological polar surface area (TPSA) is 83.8 Å². The number of hydrogen-bond acceptors (Lipinski definition) is 4. The molecule has 0 fully saturated rings. The fraction of sp³-hybridized carbons (Fsp3) is 0.158. The number of aromatic nitrogens is 2. The van der Waals surface area contributed by atoms with Crippen molar-refractivity contribution in [3.63, 3.8) is 0 Å². The number of anilines is 3. The Morgan fingerprint density at radius 2 is 2.08 bits per heavy atom. The van der Waals surface area contributed by atoms with E-state index in [0.717, 1.165) is 29.8 Å². The Hall–Kier alpha value is -3.15. The number of ketones is 1. The highest BCUT2D eigenvalue weighted by Crippen LogP contribution is 2.38. The summed E-state index contributed by atoms with van der Waals surface area (Å²) in [5.74, 6) is 0.147. The van der Waals surface area contributed by atoms with E-state index in [4.69, 9.17) is 5.73 Å². The van der Waals surface area contributed by atoms with Crippen LogP contribution in [-0.2, 0) is 6.42 Å². The van der Waals surface area contributed by atoms with Gasteiger partial charge in [-0.3, -0.25) is 4.79 Å². The highest BCUT2D eigenvalue weighted by atomic mass is 19.1. The molecule has 1 aliphatic carbocycles. The number of aromatic amines is 1. The number of H-pyrrole nitrogens is 1. The number of hydrogen-bond donors (Lipinski definition) is 3. The monoisotopic (exact) mass is 336 g/mol. The van der Waals surface area contributed by atoms with Gasteiger partial charge in [0.2, 0.25) is 0 Å². The number of nitrogen functional groups attached to an aromatic ring is 1. The van der Waals surface area contributed by atoms with Crippen molar-refractivity contribution in [3.05, 3.63) is 59.7 Å². The van der Waals surface area contributed by atoms with Crippen LogP contribution in [0.25, 0.3) is 11.3 Å². The number of nitrogens with one attached hydrogen (secondary N) is 2. The molecular formula is C19H17FN4O. The van der Waals surface area contributed by atoms with Gasteiger partial charge in [-0.2, -0.15) is 0 Å². The number of fused-ring (bicyclic) bond motifs is 1. The first-order valence-electron chi connectivity index (χ1n) is 8.14. The van der Waals surface area contributed by atoms with Crippen molar-refractivity contribution in [1.29, 1.82) is 0 Å². The van der Waals surface area contributed by atoms with Gasteiger partial charge in [0, 0.05) is 29.6 Å². The molecular weight excluding hydrogens is 319 g/mol. The fourth-order valence-electron chi connectivity index (χ4n) is 3.25. The summed E-state index contributed by atoms with van der Waals surface area (Å²) in [5.41, 5.74) is 10.2. The quantitative estimate of drug-likeness (QED) is 0.673. The number of rotatable bonds is 3. The van der Waals surface area contributed by atoms with Gasteiger partial charge in [-0.1, -0.05) is 6.07 Å². The molecule has 1 aromatic carbocycles. The van der Waals surface area contributed by atoms with Crippen molar-refractivity contribution in [2.45, 2.75) is 19.3 Å². The summed E-state index contributed by atoms with van der Waals surface area (Å²) in [5, 5.41) is 3.22. The predicted octanol–water partition coefficient (Wildman–Crippen LogP) is 4.06. The van der Waals surface area contributed by atoms with Gasteiger partial charge in [-0.15, -0.1) is 0 Å². The summed E-state index contributed by atoms with van der Waals surface area (Å²) in [6.45, 7) is 0. The Bertz CT molecular complexity index is 964. The minimum absolute atomic E-state index is 0.0877. The lowest BCUT2D eigenvalue weighted by Crippen LogP contribution is -2.10. The van der Waals surface area contributed by atoms with E-state index in [-0.39, 0.29) is 11.6 Å². The van der Waals surface area contributed by atoms with Crippen molar-refractivity contribution >= 4 is 23.0 Å². The third-order valence-electron chi connectivity index (χ3n) is 4.35. The number of carbonyl (C=O) groups excluding carboxylic acids is 1. The van der Waals surface area contributed by atoms with Crippen LogP contribution in [-0.4, -0.2) is 15.8 Å². The molecule has 25 heavy (non-hydrogen) atoms. The Kier molecular flexibility index (Phi) is 3.72. The Labute approximate surface area is 144 Å². The van der Waals surface area contributed by atoms with E-state index >= 15 is 0 Å². The van der Waals surface area contributed by atoms with Crippen LogP contribution in [0.15, 0.2) is 42.6 Å². The third-order valence-corrected chi connectivity index (χ3v) is 4.35. The zero-order valence-electron chi connectivity index (χ0n) is 13.5. The van der Waals surface area contributed by atoms with Crippen molar-refractivity contribution in [3.8, 4) is 11.3 Å². The molecule has 0 atom stereocenters. The fourth-order valence-corrected chi connectivity index (χ4v) is 3.25. The lowest BCUT2D eigenvalue weighted by molar-refractivity contribution is 0.0973. The van der Waals surface area contributed by atoms with E-state index in [1.165, 1.54) is 12.1 Å². The smallest absolute Gasteiger partial charge is 0.166 e. The summed E-state index contributed by atoms with van der Waals surface area (Å²) in [6.07, 6.45) is 3.77. The van der Waals surface area contributed by atoms with Gasteiger partial charge in [0.15, 0.2) is 5.78 Å². The molecule has 4 N–H and O–H groups in total. The van der Waals surface area contributed by atoms with Crippen molar-refractivity contribution in [1.82, 2.24) is 9.97 Å². The summed E-state index contributed by atoms with van der Waals surface area (Å²) >= 11 is 0.